The lowest BCUT2D eigenvalue weighted by atomic mass is 10.1. The summed E-state index contributed by atoms with van der Waals surface area (Å²) < 4.78 is 37.3. The molecule has 2 N–H and O–H groups in total. The Labute approximate surface area is 227 Å². The molecule has 0 saturated carbocycles. The van der Waals surface area contributed by atoms with E-state index in [2.05, 4.69) is 24.1 Å². The van der Waals surface area contributed by atoms with E-state index in [4.69, 9.17) is 9.47 Å². The van der Waals surface area contributed by atoms with Crippen molar-refractivity contribution in [1.29, 1.82) is 0 Å². The van der Waals surface area contributed by atoms with E-state index in [-0.39, 0.29) is 28.9 Å². The van der Waals surface area contributed by atoms with Gasteiger partial charge in [-0.2, -0.15) is 0 Å². The third-order valence-corrected chi connectivity index (χ3v) is 6.88. The van der Waals surface area contributed by atoms with Gasteiger partial charge in [0.1, 0.15) is 6.61 Å². The first-order valence-electron chi connectivity index (χ1n) is 12.4. The number of nitrogens with zero attached hydrogens (tertiary/aromatic N) is 1. The zero-order valence-corrected chi connectivity index (χ0v) is 22.6. The van der Waals surface area contributed by atoms with Crippen LogP contribution in [0.3, 0.4) is 0 Å². The number of carbonyl (C=O) groups is 3. The van der Waals surface area contributed by atoms with Crippen LogP contribution in [0.15, 0.2) is 77.8 Å². The quantitative estimate of drug-likeness (QED) is 0.321. The third kappa shape index (κ3) is 9.86. The number of carbonyl (C=O) groups excluding carboxylic acids is 3. The summed E-state index contributed by atoms with van der Waals surface area (Å²) in [6.07, 6.45) is 1.95. The number of hydrogen-bond donors (Lipinski definition) is 2. The van der Waals surface area contributed by atoms with Crippen LogP contribution in [0.4, 0.5) is 4.79 Å². The average molecular weight is 554 g/mol. The van der Waals surface area contributed by atoms with Crippen LogP contribution < -0.4 is 14.8 Å². The van der Waals surface area contributed by atoms with E-state index in [0.717, 1.165) is 23.7 Å². The van der Waals surface area contributed by atoms with Crippen LogP contribution in [0.1, 0.15) is 48.2 Å². The Morgan fingerprint density at radius 1 is 0.923 bits per heavy atom. The number of amides is 2. The fourth-order valence-electron chi connectivity index (χ4n) is 3.34. The number of nitrogens with one attached hydrogen (secondary N) is 2. The Morgan fingerprint density at radius 3 is 2.28 bits per heavy atom. The van der Waals surface area contributed by atoms with Crippen LogP contribution in [-0.2, 0) is 32.6 Å². The maximum Gasteiger partial charge on any atom is 0.515 e. The molecule has 0 bridgehead atoms. The number of aromatic nitrogens is 1. The van der Waals surface area contributed by atoms with Gasteiger partial charge in [-0.1, -0.05) is 56.3 Å². The van der Waals surface area contributed by atoms with Crippen molar-refractivity contribution in [2.24, 2.45) is 5.92 Å². The first-order chi connectivity index (χ1) is 18.6. The standard InChI is InChI=1S/C28H31N3O7S/c1-20(2)8-14-25(32)29-17-16-21-9-12-24(13-10-21)39(35,36)31-27(33)23-11-15-26(30-18-23)38-28(34)37-19-22-6-4-3-5-7-22/h3-7,9-13,15,18,20H,8,14,16-17,19H2,1-2H3,(H,29,32)(H,31,33). The predicted molar refractivity (Wildman–Crippen MR) is 143 cm³/mol. The van der Waals surface area contributed by atoms with Crippen molar-refractivity contribution in [3.8, 4) is 5.88 Å². The van der Waals surface area contributed by atoms with Gasteiger partial charge in [0.15, 0.2) is 0 Å². The van der Waals surface area contributed by atoms with Gasteiger partial charge in [-0.15, -0.1) is 0 Å². The molecule has 3 rings (SSSR count). The number of sulfonamides is 1. The van der Waals surface area contributed by atoms with E-state index < -0.39 is 22.1 Å². The summed E-state index contributed by atoms with van der Waals surface area (Å²) in [4.78, 5) is 39.9. The summed E-state index contributed by atoms with van der Waals surface area (Å²) in [5.74, 6) is -0.563. The molecule has 0 saturated heterocycles. The lowest BCUT2D eigenvalue weighted by molar-refractivity contribution is -0.121. The van der Waals surface area contributed by atoms with E-state index in [1.165, 1.54) is 24.3 Å². The zero-order chi connectivity index (χ0) is 28.3. The molecule has 0 radical (unpaired) electrons. The van der Waals surface area contributed by atoms with Gasteiger partial charge >= 0.3 is 6.16 Å². The van der Waals surface area contributed by atoms with Crippen LogP contribution in [0, 0.1) is 5.92 Å². The van der Waals surface area contributed by atoms with Crippen LogP contribution >= 0.6 is 0 Å². The average Bonchev–Trinajstić information content (AvgIpc) is 2.92. The Morgan fingerprint density at radius 2 is 1.64 bits per heavy atom. The molecule has 0 fully saturated rings. The van der Waals surface area contributed by atoms with Crippen LogP contribution in [0.2, 0.25) is 0 Å². The Hall–Kier alpha value is -4.25. The topological polar surface area (TPSA) is 141 Å². The van der Waals surface area contributed by atoms with Crippen molar-refractivity contribution in [2.45, 2.75) is 44.6 Å². The van der Waals surface area contributed by atoms with Gasteiger partial charge < -0.3 is 14.8 Å². The molecule has 0 aliphatic heterocycles. The fourth-order valence-corrected chi connectivity index (χ4v) is 4.31. The minimum atomic E-state index is -4.14. The molecule has 11 heteroatoms. The Balaban J connectivity index is 1.47. The van der Waals surface area contributed by atoms with Crippen molar-refractivity contribution in [3.63, 3.8) is 0 Å². The van der Waals surface area contributed by atoms with Gasteiger partial charge in [-0.05, 0) is 48.1 Å². The Bertz CT molecular complexity index is 1360. The molecule has 1 heterocycles. The Kier molecular flexibility index (Phi) is 10.6. The lowest BCUT2D eigenvalue weighted by Gasteiger charge is -2.09. The van der Waals surface area contributed by atoms with Gasteiger partial charge in [-0.3, -0.25) is 9.59 Å². The number of pyridine rings is 1. The highest BCUT2D eigenvalue weighted by atomic mass is 32.2. The molecule has 206 valence electrons. The van der Waals surface area contributed by atoms with Crippen molar-refractivity contribution in [3.05, 3.63) is 89.6 Å². The summed E-state index contributed by atoms with van der Waals surface area (Å²) in [7, 11) is -4.14. The molecular formula is C28H31N3O7S. The highest BCUT2D eigenvalue weighted by Crippen LogP contribution is 2.14. The van der Waals surface area contributed by atoms with Crippen LogP contribution in [0.25, 0.3) is 0 Å². The number of hydrogen-bond acceptors (Lipinski definition) is 8. The predicted octanol–water partition coefficient (Wildman–Crippen LogP) is 4.01. The van der Waals surface area contributed by atoms with Crippen LogP contribution in [-0.4, -0.2) is 37.9 Å². The monoisotopic (exact) mass is 553 g/mol. The molecule has 3 aromatic rings. The molecule has 2 amide bonds. The van der Waals surface area contributed by atoms with Gasteiger partial charge in [0.05, 0.1) is 10.5 Å². The maximum atomic E-state index is 12.7. The molecule has 0 atom stereocenters. The first-order valence-corrected chi connectivity index (χ1v) is 13.9. The van der Waals surface area contributed by atoms with Crippen molar-refractivity contribution in [2.75, 3.05) is 6.54 Å². The van der Waals surface area contributed by atoms with E-state index >= 15 is 0 Å². The lowest BCUT2D eigenvalue weighted by Crippen LogP contribution is -2.30. The molecule has 2 aromatic carbocycles. The molecular weight excluding hydrogens is 522 g/mol. The molecule has 39 heavy (non-hydrogen) atoms. The second-order valence-electron chi connectivity index (χ2n) is 9.12. The highest BCUT2D eigenvalue weighted by molar-refractivity contribution is 7.90. The summed E-state index contributed by atoms with van der Waals surface area (Å²) in [6.45, 7) is 4.58. The third-order valence-electron chi connectivity index (χ3n) is 5.53. The van der Waals surface area contributed by atoms with Gasteiger partial charge in [-0.25, -0.2) is 22.9 Å². The maximum absolute atomic E-state index is 12.7. The second-order valence-corrected chi connectivity index (χ2v) is 10.8. The second kappa shape index (κ2) is 14.1. The summed E-state index contributed by atoms with van der Waals surface area (Å²) in [6, 6.07) is 17.6. The first kappa shape index (κ1) is 29.3. The molecule has 0 spiro atoms. The van der Waals surface area contributed by atoms with Crippen molar-refractivity contribution >= 4 is 28.0 Å². The molecule has 10 nitrogen and oxygen atoms in total. The molecule has 0 aliphatic carbocycles. The highest BCUT2D eigenvalue weighted by Gasteiger charge is 2.19. The normalized spacial score (nSPS) is 11.1. The van der Waals surface area contributed by atoms with E-state index in [9.17, 15) is 22.8 Å². The van der Waals surface area contributed by atoms with E-state index in [1.807, 2.05) is 22.9 Å². The summed E-state index contributed by atoms with van der Waals surface area (Å²) in [5.41, 5.74) is 1.58. The molecule has 0 aliphatic rings. The number of rotatable bonds is 12. The fraction of sp³-hybridized carbons (Fsp3) is 0.286. The summed E-state index contributed by atoms with van der Waals surface area (Å²) in [5, 5.41) is 2.85. The smallest absolute Gasteiger partial charge is 0.429 e. The van der Waals surface area contributed by atoms with Gasteiger partial charge in [0, 0.05) is 25.2 Å². The van der Waals surface area contributed by atoms with Crippen molar-refractivity contribution in [1.82, 2.24) is 15.0 Å². The van der Waals surface area contributed by atoms with E-state index in [0.29, 0.717) is 25.3 Å². The number of benzene rings is 2. The minimum Gasteiger partial charge on any atom is -0.429 e. The SMILES string of the molecule is CC(C)CCC(=O)NCCc1ccc(S(=O)(=O)NC(=O)c2ccc(OC(=O)OCc3ccccc3)nc2)cc1. The van der Waals surface area contributed by atoms with Gasteiger partial charge in [0.25, 0.3) is 15.9 Å². The number of ether oxygens (including phenoxy) is 2. The van der Waals surface area contributed by atoms with Crippen molar-refractivity contribution < 1.29 is 32.3 Å². The summed E-state index contributed by atoms with van der Waals surface area (Å²) >= 11 is 0. The largest absolute Gasteiger partial charge is 0.515 e. The minimum absolute atomic E-state index is 0.0114. The van der Waals surface area contributed by atoms with Crippen LogP contribution in [0.5, 0.6) is 5.88 Å². The van der Waals surface area contributed by atoms with E-state index in [1.54, 1.807) is 24.3 Å². The molecule has 1 aromatic heterocycles. The zero-order valence-electron chi connectivity index (χ0n) is 21.8. The van der Waals surface area contributed by atoms with Gasteiger partial charge in [0.2, 0.25) is 11.8 Å². The molecule has 0 unspecified atom stereocenters.